The molecule has 0 spiro atoms. The monoisotopic (exact) mass is 405 g/mol. The van der Waals surface area contributed by atoms with E-state index in [2.05, 4.69) is 0 Å². The second-order valence-corrected chi connectivity index (χ2v) is 8.72. The molecule has 28 heavy (non-hydrogen) atoms. The summed E-state index contributed by atoms with van der Waals surface area (Å²) in [4.78, 5) is 14.9. The third-order valence-electron chi connectivity index (χ3n) is 4.06. The van der Waals surface area contributed by atoms with E-state index in [0.717, 1.165) is 5.56 Å². The lowest BCUT2D eigenvalue weighted by molar-refractivity contribution is 0.0719. The zero-order chi connectivity index (χ0) is 20.7. The van der Waals surface area contributed by atoms with Gasteiger partial charge in [0, 0.05) is 13.1 Å². The highest BCUT2D eigenvalue weighted by molar-refractivity contribution is 7.87. The fourth-order valence-corrected chi connectivity index (χ4v) is 3.29. The van der Waals surface area contributed by atoms with Gasteiger partial charge in [-0.2, -0.15) is 8.42 Å². The molecule has 0 aliphatic rings. The lowest BCUT2D eigenvalue weighted by Gasteiger charge is -2.25. The molecule has 0 aliphatic heterocycles. The van der Waals surface area contributed by atoms with Crippen molar-refractivity contribution < 1.29 is 22.1 Å². The van der Waals surface area contributed by atoms with Gasteiger partial charge in [0.15, 0.2) is 0 Å². The van der Waals surface area contributed by atoms with Gasteiger partial charge in [-0.1, -0.05) is 38.1 Å². The first kappa shape index (κ1) is 21.8. The number of rotatable bonds is 9. The van der Waals surface area contributed by atoms with Crippen LogP contribution in [0.3, 0.4) is 0 Å². The van der Waals surface area contributed by atoms with Gasteiger partial charge >= 0.3 is 10.1 Å². The van der Waals surface area contributed by atoms with Gasteiger partial charge in [0.05, 0.1) is 18.4 Å². The molecule has 0 heterocycles. The van der Waals surface area contributed by atoms with E-state index >= 15 is 0 Å². The number of ether oxygens (including phenoxy) is 1. The van der Waals surface area contributed by atoms with Crippen molar-refractivity contribution >= 4 is 16.0 Å². The van der Waals surface area contributed by atoms with Gasteiger partial charge in [-0.25, -0.2) is 0 Å². The van der Waals surface area contributed by atoms with Crippen LogP contribution in [-0.2, 0) is 16.7 Å². The molecule has 2 aromatic rings. The number of carbonyl (C=O) groups excluding carboxylic acids is 1. The maximum absolute atomic E-state index is 13.1. The summed E-state index contributed by atoms with van der Waals surface area (Å²) in [5.74, 6) is 0.779. The summed E-state index contributed by atoms with van der Waals surface area (Å²) in [5.41, 5.74) is 1.28. The normalized spacial score (nSPS) is 11.3. The van der Waals surface area contributed by atoms with E-state index in [-0.39, 0.29) is 23.3 Å². The molecule has 0 saturated heterocycles. The quantitative estimate of drug-likeness (QED) is 0.595. The largest absolute Gasteiger partial charge is 0.496 e. The number of amides is 1. The van der Waals surface area contributed by atoms with Crippen molar-refractivity contribution in [2.45, 2.75) is 27.3 Å². The van der Waals surface area contributed by atoms with Crippen LogP contribution in [0.5, 0.6) is 11.5 Å². The van der Waals surface area contributed by atoms with Crippen molar-refractivity contribution in [2.75, 3.05) is 19.4 Å². The maximum atomic E-state index is 13.1. The summed E-state index contributed by atoms with van der Waals surface area (Å²) in [7, 11) is -2.07. The minimum absolute atomic E-state index is 0.108. The van der Waals surface area contributed by atoms with E-state index in [9.17, 15) is 13.2 Å². The Morgan fingerprint density at radius 1 is 1.11 bits per heavy atom. The van der Waals surface area contributed by atoms with E-state index < -0.39 is 10.1 Å². The van der Waals surface area contributed by atoms with Crippen LogP contribution in [0.15, 0.2) is 48.5 Å². The molecule has 6 nitrogen and oxygen atoms in total. The summed E-state index contributed by atoms with van der Waals surface area (Å²) < 4.78 is 33.8. The van der Waals surface area contributed by atoms with Crippen LogP contribution in [-0.4, -0.2) is 38.6 Å². The zero-order valence-electron chi connectivity index (χ0n) is 16.7. The number of methoxy groups -OCH3 is 1. The Bertz CT molecular complexity index is 909. The average Bonchev–Trinajstić information content (AvgIpc) is 2.66. The molecule has 0 aromatic heterocycles. The molecule has 0 atom stereocenters. The Morgan fingerprint density at radius 2 is 1.82 bits per heavy atom. The summed E-state index contributed by atoms with van der Waals surface area (Å²) in [6, 6.07) is 13.9. The number of carbonyl (C=O) groups is 1. The molecule has 0 fully saturated rings. The molecule has 2 rings (SSSR count). The predicted molar refractivity (Wildman–Crippen MR) is 109 cm³/mol. The minimum Gasteiger partial charge on any atom is -0.496 e. The Kier molecular flexibility index (Phi) is 7.45. The maximum Gasteiger partial charge on any atom is 0.308 e. The highest BCUT2D eigenvalue weighted by Gasteiger charge is 2.21. The van der Waals surface area contributed by atoms with Crippen LogP contribution in [0.4, 0.5) is 0 Å². The van der Waals surface area contributed by atoms with Crippen molar-refractivity contribution in [2.24, 2.45) is 5.92 Å². The first-order chi connectivity index (χ1) is 13.3. The summed E-state index contributed by atoms with van der Waals surface area (Å²) in [6.07, 6.45) is 0. The fourth-order valence-electron chi connectivity index (χ4n) is 2.77. The molecule has 0 unspecified atom stereocenters. The Balaban J connectivity index is 2.29. The van der Waals surface area contributed by atoms with Gasteiger partial charge in [-0.3, -0.25) is 4.79 Å². The van der Waals surface area contributed by atoms with Crippen molar-refractivity contribution in [1.82, 2.24) is 4.90 Å². The van der Waals surface area contributed by atoms with E-state index in [1.54, 1.807) is 41.3 Å². The smallest absolute Gasteiger partial charge is 0.308 e. The first-order valence-corrected chi connectivity index (χ1v) is 10.8. The zero-order valence-corrected chi connectivity index (χ0v) is 17.5. The van der Waals surface area contributed by atoms with E-state index in [1.165, 1.54) is 14.0 Å². The highest BCUT2D eigenvalue weighted by atomic mass is 32.2. The van der Waals surface area contributed by atoms with Crippen LogP contribution >= 0.6 is 0 Å². The Labute approximate surface area is 167 Å². The third-order valence-corrected chi connectivity index (χ3v) is 5.21. The van der Waals surface area contributed by atoms with Crippen molar-refractivity contribution in [1.29, 1.82) is 0 Å². The molecule has 1 amide bonds. The lowest BCUT2D eigenvalue weighted by atomic mass is 10.1. The molecule has 0 N–H and O–H groups in total. The number of para-hydroxylation sites is 1. The number of benzene rings is 2. The topological polar surface area (TPSA) is 72.9 Å². The van der Waals surface area contributed by atoms with E-state index in [1.807, 2.05) is 26.0 Å². The molecule has 0 bridgehead atoms. The van der Waals surface area contributed by atoms with Crippen LogP contribution in [0, 0.1) is 5.92 Å². The molecule has 2 aromatic carbocycles. The van der Waals surface area contributed by atoms with Gasteiger partial charge < -0.3 is 13.8 Å². The van der Waals surface area contributed by atoms with Gasteiger partial charge in [0.1, 0.15) is 11.5 Å². The third kappa shape index (κ3) is 5.99. The summed E-state index contributed by atoms with van der Waals surface area (Å²) in [5, 5.41) is 0. The Hall–Kier alpha value is -2.54. The van der Waals surface area contributed by atoms with E-state index in [4.69, 9.17) is 8.92 Å². The Morgan fingerprint density at radius 3 is 2.46 bits per heavy atom. The SMILES string of the molecule is CCS(=O)(=O)Oc1cccc(CN(CC(C)C)C(=O)c2ccccc2OC)c1. The van der Waals surface area contributed by atoms with Crippen LogP contribution in [0.1, 0.15) is 36.7 Å². The van der Waals surface area contributed by atoms with Crippen LogP contribution in [0.2, 0.25) is 0 Å². The van der Waals surface area contributed by atoms with E-state index in [0.29, 0.717) is 24.4 Å². The minimum atomic E-state index is -3.60. The standard InChI is InChI=1S/C21H27NO5S/c1-5-28(24,25)27-18-10-8-9-17(13-18)15-22(14-16(2)3)21(23)19-11-6-7-12-20(19)26-4/h6-13,16H,5,14-15H2,1-4H3. The molecule has 0 saturated carbocycles. The molecule has 7 heteroatoms. The average molecular weight is 406 g/mol. The van der Waals surface area contributed by atoms with Crippen molar-refractivity contribution in [3.8, 4) is 11.5 Å². The van der Waals surface area contributed by atoms with Crippen molar-refractivity contribution in [3.05, 3.63) is 59.7 Å². The summed E-state index contributed by atoms with van der Waals surface area (Å²) >= 11 is 0. The first-order valence-electron chi connectivity index (χ1n) is 9.19. The number of nitrogens with zero attached hydrogens (tertiary/aromatic N) is 1. The molecular weight excluding hydrogens is 378 g/mol. The highest BCUT2D eigenvalue weighted by Crippen LogP contribution is 2.22. The van der Waals surface area contributed by atoms with Crippen LogP contribution in [0.25, 0.3) is 0 Å². The van der Waals surface area contributed by atoms with Gasteiger partial charge in [-0.15, -0.1) is 0 Å². The lowest BCUT2D eigenvalue weighted by Crippen LogP contribution is -2.34. The molecular formula is C21H27NO5S. The van der Waals surface area contributed by atoms with Gasteiger partial charge in [0.2, 0.25) is 0 Å². The van der Waals surface area contributed by atoms with Crippen molar-refractivity contribution in [3.63, 3.8) is 0 Å². The van der Waals surface area contributed by atoms with Gasteiger partial charge in [0.25, 0.3) is 5.91 Å². The summed E-state index contributed by atoms with van der Waals surface area (Å²) in [6.45, 7) is 6.48. The fraction of sp³-hybridized carbons (Fsp3) is 0.381. The second kappa shape index (κ2) is 9.59. The number of hydrogen-bond donors (Lipinski definition) is 0. The van der Waals surface area contributed by atoms with Gasteiger partial charge in [-0.05, 0) is 42.7 Å². The predicted octanol–water partition coefficient (Wildman–Crippen LogP) is 3.72. The molecule has 0 aliphatic carbocycles. The van der Waals surface area contributed by atoms with Crippen LogP contribution < -0.4 is 8.92 Å². The second-order valence-electron chi connectivity index (χ2n) is 6.86. The molecule has 0 radical (unpaired) electrons. The number of hydrogen-bond acceptors (Lipinski definition) is 5. The molecule has 152 valence electrons.